The second-order valence-corrected chi connectivity index (χ2v) is 27.0. The Labute approximate surface area is 532 Å². The second-order valence-electron chi connectivity index (χ2n) is 25.6. The van der Waals surface area contributed by atoms with Gasteiger partial charge >= 0.3 is 11.9 Å². The van der Waals surface area contributed by atoms with Crippen LogP contribution in [0.5, 0.6) is 0 Å². The number of esters is 2. The van der Waals surface area contributed by atoms with Gasteiger partial charge in [-0.05, 0) is 89.9 Å². The molecule has 0 amide bonds. The van der Waals surface area contributed by atoms with Crippen molar-refractivity contribution in [3.8, 4) is 0 Å². The van der Waals surface area contributed by atoms with Gasteiger partial charge in [-0.25, -0.2) is 0 Å². The molecule has 2 unspecified atom stereocenters. The van der Waals surface area contributed by atoms with E-state index >= 15 is 0 Å². The molecule has 0 bridgehead atoms. The Bertz CT molecular complexity index is 1730. The van der Waals surface area contributed by atoms with Crippen molar-refractivity contribution in [2.24, 2.45) is 0 Å². The minimum Gasteiger partial charge on any atom is -0.756 e. The van der Waals surface area contributed by atoms with Gasteiger partial charge < -0.3 is 27.9 Å². The minimum absolute atomic E-state index is 0.0329. The fraction of sp³-hybridized carbons (Fsp3) is 0.789. The van der Waals surface area contributed by atoms with Gasteiger partial charge in [0.2, 0.25) is 0 Å². The number of ether oxygens (including phenoxy) is 2. The summed E-state index contributed by atoms with van der Waals surface area (Å²) < 4.78 is 34.3. The molecule has 0 aromatic heterocycles. The largest absolute Gasteiger partial charge is 0.756 e. The first-order chi connectivity index (χ1) is 42.0. The van der Waals surface area contributed by atoms with E-state index in [0.29, 0.717) is 17.4 Å². The van der Waals surface area contributed by atoms with E-state index in [1.54, 1.807) is 0 Å². The molecule has 0 rings (SSSR count). The van der Waals surface area contributed by atoms with Crippen LogP contribution in [0.15, 0.2) is 85.1 Å². The third-order valence-electron chi connectivity index (χ3n) is 15.9. The van der Waals surface area contributed by atoms with Gasteiger partial charge in [0, 0.05) is 12.8 Å². The van der Waals surface area contributed by atoms with Gasteiger partial charge in [0.1, 0.15) is 19.8 Å². The lowest BCUT2D eigenvalue weighted by atomic mass is 10.0. The maximum Gasteiger partial charge on any atom is 0.306 e. The second kappa shape index (κ2) is 66.6. The number of hydrogen-bond acceptors (Lipinski definition) is 8. The number of rotatable bonds is 67. The maximum absolute atomic E-state index is 12.9. The Morgan fingerprint density at radius 1 is 0.372 bits per heavy atom. The number of quaternary nitrogens is 1. The summed E-state index contributed by atoms with van der Waals surface area (Å²) in [5, 5.41) is 0. The standard InChI is InChI=1S/C76H138NO8P/c1-6-8-10-12-14-16-18-20-22-24-26-28-30-31-32-33-34-35-36-37-38-39-40-41-42-43-44-45-47-48-50-52-54-56-58-60-62-64-66-68-75(78)82-72-74(73-84-86(80,81)83-71-70-77(3,4)5)85-76(79)69-67-65-63-61-59-57-55-53-51-49-46-29-27-25-23-21-19-17-15-13-11-9-7-2/h9,11,15,17-18,20-21,23-24,26-27,29-31,74H,6-8,10,12-14,16,19,22,25,28,32-73H2,1-5H3/b11-9-,17-15-,20-18-,23-21-,26-24-,29-27-,31-30-. The fourth-order valence-corrected chi connectivity index (χ4v) is 11.1. The molecule has 0 aliphatic rings. The molecular weight excluding hydrogens is 1090 g/mol. The third kappa shape index (κ3) is 70.3. The molecule has 2 atom stereocenters. The van der Waals surface area contributed by atoms with Gasteiger partial charge in [-0.15, -0.1) is 0 Å². The molecular formula is C76H138NO8P. The Hall–Kier alpha value is -2.81. The molecule has 0 fully saturated rings. The lowest BCUT2D eigenvalue weighted by molar-refractivity contribution is -0.870. The number of unbranched alkanes of at least 4 members (excludes halogenated alkanes) is 39. The van der Waals surface area contributed by atoms with Gasteiger partial charge in [0.25, 0.3) is 7.82 Å². The van der Waals surface area contributed by atoms with Crippen LogP contribution >= 0.6 is 7.82 Å². The highest BCUT2D eigenvalue weighted by molar-refractivity contribution is 7.45. The molecule has 0 aromatic carbocycles. The molecule has 500 valence electrons. The quantitative estimate of drug-likeness (QED) is 0.0195. The Balaban J connectivity index is 3.94. The number of nitrogens with zero attached hydrogens (tertiary/aromatic N) is 1. The molecule has 0 aromatic rings. The summed E-state index contributed by atoms with van der Waals surface area (Å²) >= 11 is 0. The van der Waals surface area contributed by atoms with Crippen LogP contribution in [0.3, 0.4) is 0 Å². The zero-order chi connectivity index (χ0) is 62.6. The van der Waals surface area contributed by atoms with Crippen LogP contribution in [0.25, 0.3) is 0 Å². The lowest BCUT2D eigenvalue weighted by Gasteiger charge is -2.28. The van der Waals surface area contributed by atoms with Crippen molar-refractivity contribution >= 4 is 19.8 Å². The highest BCUT2D eigenvalue weighted by Gasteiger charge is 2.22. The number of phosphoric ester groups is 1. The highest BCUT2D eigenvalue weighted by atomic mass is 31.2. The SMILES string of the molecule is CC/C=C\C/C=C\C/C=C\C/C=C\CCCCCCCCCCCCC(=O)OC(COC(=O)CCCCCCCCCCCCCCCCCCCCCCCCCC/C=C\C/C=C\C/C=C\CCCCCCC)COP(=O)([O-])OCC[N+](C)(C)C. The summed E-state index contributed by atoms with van der Waals surface area (Å²) in [6.07, 6.45) is 91.1. The van der Waals surface area contributed by atoms with Crippen molar-refractivity contribution in [3.05, 3.63) is 85.1 Å². The van der Waals surface area contributed by atoms with Crippen LogP contribution in [0.1, 0.15) is 335 Å². The highest BCUT2D eigenvalue weighted by Crippen LogP contribution is 2.38. The molecule has 0 spiro atoms. The molecule has 0 aliphatic heterocycles. The molecule has 0 aliphatic carbocycles. The van der Waals surface area contributed by atoms with Crippen LogP contribution < -0.4 is 4.89 Å². The molecule has 0 heterocycles. The van der Waals surface area contributed by atoms with Crippen LogP contribution in [0.4, 0.5) is 0 Å². The number of likely N-dealkylation sites (N-methyl/N-ethyl adjacent to an activating group) is 1. The summed E-state index contributed by atoms with van der Waals surface area (Å²) in [6.45, 7) is 4.15. The predicted molar refractivity (Wildman–Crippen MR) is 369 cm³/mol. The molecule has 86 heavy (non-hydrogen) atoms. The van der Waals surface area contributed by atoms with Crippen LogP contribution in [-0.2, 0) is 32.7 Å². The zero-order valence-electron chi connectivity index (χ0n) is 57.0. The van der Waals surface area contributed by atoms with Gasteiger partial charge in [-0.3, -0.25) is 14.2 Å². The first kappa shape index (κ1) is 83.2. The molecule has 0 N–H and O–H groups in total. The van der Waals surface area contributed by atoms with Crippen molar-refractivity contribution in [2.45, 2.75) is 341 Å². The minimum atomic E-state index is -4.65. The average Bonchev–Trinajstić information content (AvgIpc) is 3.56. The Morgan fingerprint density at radius 3 is 0.988 bits per heavy atom. The molecule has 0 radical (unpaired) electrons. The van der Waals surface area contributed by atoms with Crippen molar-refractivity contribution in [3.63, 3.8) is 0 Å². The number of phosphoric acid groups is 1. The van der Waals surface area contributed by atoms with E-state index in [9.17, 15) is 19.0 Å². The van der Waals surface area contributed by atoms with Gasteiger partial charge in [-0.2, -0.15) is 0 Å². The lowest BCUT2D eigenvalue weighted by Crippen LogP contribution is -2.37. The first-order valence-electron chi connectivity index (χ1n) is 36.3. The zero-order valence-corrected chi connectivity index (χ0v) is 57.9. The predicted octanol–water partition coefficient (Wildman–Crippen LogP) is 23.1. The molecule has 0 saturated carbocycles. The maximum atomic E-state index is 12.9. The van der Waals surface area contributed by atoms with E-state index in [0.717, 1.165) is 83.5 Å². The topological polar surface area (TPSA) is 111 Å². The van der Waals surface area contributed by atoms with Crippen LogP contribution in [0, 0.1) is 0 Å². The van der Waals surface area contributed by atoms with Crippen molar-refractivity contribution in [1.29, 1.82) is 0 Å². The first-order valence-corrected chi connectivity index (χ1v) is 37.8. The van der Waals surface area contributed by atoms with Gasteiger partial charge in [0.15, 0.2) is 6.10 Å². The molecule has 9 nitrogen and oxygen atoms in total. The van der Waals surface area contributed by atoms with E-state index < -0.39 is 26.5 Å². The van der Waals surface area contributed by atoms with Gasteiger partial charge in [0.05, 0.1) is 27.7 Å². The van der Waals surface area contributed by atoms with Gasteiger partial charge in [-0.1, -0.05) is 317 Å². The number of allylic oxidation sites excluding steroid dienone is 14. The Morgan fingerprint density at radius 2 is 0.663 bits per heavy atom. The van der Waals surface area contributed by atoms with E-state index in [-0.39, 0.29) is 32.0 Å². The number of carbonyl (C=O) groups is 2. The van der Waals surface area contributed by atoms with Crippen molar-refractivity contribution < 1.29 is 42.1 Å². The van der Waals surface area contributed by atoms with Crippen molar-refractivity contribution in [2.75, 3.05) is 47.5 Å². The molecule has 10 heteroatoms. The van der Waals surface area contributed by atoms with Crippen LogP contribution in [0.2, 0.25) is 0 Å². The van der Waals surface area contributed by atoms with E-state index in [1.807, 2.05) is 21.1 Å². The normalized spacial score (nSPS) is 13.6. The number of carbonyl (C=O) groups excluding carboxylic acids is 2. The fourth-order valence-electron chi connectivity index (χ4n) is 10.4. The van der Waals surface area contributed by atoms with E-state index in [4.69, 9.17) is 18.5 Å². The monoisotopic (exact) mass is 1220 g/mol. The summed E-state index contributed by atoms with van der Waals surface area (Å²) in [5.41, 5.74) is 0. The average molecular weight is 1220 g/mol. The number of hydrogen-bond donors (Lipinski definition) is 0. The van der Waals surface area contributed by atoms with E-state index in [2.05, 4.69) is 98.9 Å². The summed E-state index contributed by atoms with van der Waals surface area (Å²) in [4.78, 5) is 38.1. The van der Waals surface area contributed by atoms with Crippen molar-refractivity contribution in [1.82, 2.24) is 0 Å². The summed E-state index contributed by atoms with van der Waals surface area (Å²) in [5.74, 6) is -0.827. The van der Waals surface area contributed by atoms with E-state index in [1.165, 1.54) is 218 Å². The third-order valence-corrected chi connectivity index (χ3v) is 16.9. The molecule has 0 saturated heterocycles. The Kier molecular flexibility index (Phi) is 64.4. The summed E-state index contributed by atoms with van der Waals surface area (Å²) in [6, 6.07) is 0. The van der Waals surface area contributed by atoms with Crippen LogP contribution in [-0.4, -0.2) is 70.0 Å². The summed E-state index contributed by atoms with van der Waals surface area (Å²) in [7, 11) is 1.17. The smallest absolute Gasteiger partial charge is 0.306 e.